The van der Waals surface area contributed by atoms with Gasteiger partial charge in [-0.2, -0.15) is 0 Å². The second kappa shape index (κ2) is 46.3. The van der Waals surface area contributed by atoms with Crippen LogP contribution in [0, 0.1) is 53.5 Å². The predicted molar refractivity (Wildman–Crippen MR) is 540 cm³/mol. The standard InChI is InChI=1S/C64H82O.C56H49NO3/c1-6-10-13-16-18-20-22-24-27-49-30-40-60-61(42-49)63(56-35-33-52-44-51(48(5)9-4)31-32-53(52)45-56)59-39-29-50(28-25-23-21-19-17-14-11-7-2)43-62(59)64(60)57-36-34-55-47-58(38-37-54(55)46-57)65-41-26-15-12-8-3;1-6-9-11-13-15-19-33-59-47-30-32-50-51(38-47)53(44-25-23-40-21-17-18-22-41(40)35-44)49-31-29-48(60-34-20-16-14-12-10-7-2)39-52(49)54(50)45-26-24-43-37-46(28-27-42(43)36-45)57-55(58)56(4,5)8-3/h29-40,42-48H,6-28,41H2,1-5H3;2,17-18,21-32,35-39H,6,8-9,11,13,15,19,33H2,1,3-5H3,(H,57,58). The number of hydrogen-bond donors (Lipinski definition) is 1. The monoisotopic (exact) mass is 1650 g/mol. The van der Waals surface area contributed by atoms with Crippen LogP contribution in [0.5, 0.6) is 17.2 Å². The molecule has 1 unspecified atom stereocenters. The minimum absolute atomic E-state index is 0.00747. The normalized spacial score (nSPS) is 11.6. The van der Waals surface area contributed by atoms with Gasteiger partial charge in [-0.3, -0.25) is 4.79 Å². The summed E-state index contributed by atoms with van der Waals surface area (Å²) in [4.78, 5) is 13.0. The van der Waals surface area contributed by atoms with Gasteiger partial charge in [0.2, 0.25) is 5.91 Å². The number of hydrogen-bond acceptors (Lipinski definition) is 4. The summed E-state index contributed by atoms with van der Waals surface area (Å²) in [5.41, 5.74) is 14.4. The summed E-state index contributed by atoms with van der Waals surface area (Å²) in [5.74, 6) is 18.3. The fourth-order valence-corrected chi connectivity index (χ4v) is 17.9. The lowest BCUT2D eigenvalue weighted by Crippen LogP contribution is -2.29. The third kappa shape index (κ3) is 24.0. The second-order valence-electron chi connectivity index (χ2n) is 35.5. The topological polar surface area (TPSA) is 56.8 Å². The zero-order valence-electron chi connectivity index (χ0n) is 76.3. The number of aryl methyl sites for hydroxylation is 2. The number of ether oxygens (including phenoxy) is 3. The largest absolute Gasteiger partial charge is 0.494 e. The van der Waals surface area contributed by atoms with Gasteiger partial charge in [0.1, 0.15) is 23.4 Å². The molecule has 0 aliphatic heterocycles. The molecule has 0 heterocycles. The van der Waals surface area contributed by atoms with E-state index in [2.05, 4.69) is 295 Å². The van der Waals surface area contributed by atoms with Crippen LogP contribution in [0.15, 0.2) is 224 Å². The number of benzene rings is 14. The number of anilines is 1. The van der Waals surface area contributed by atoms with E-state index in [4.69, 9.17) is 20.6 Å². The Balaban J connectivity index is 0.000000215. The Hall–Kier alpha value is -11.7. The highest BCUT2D eigenvalue weighted by atomic mass is 16.5. The van der Waals surface area contributed by atoms with Gasteiger partial charge in [0.25, 0.3) is 0 Å². The van der Waals surface area contributed by atoms with Gasteiger partial charge >= 0.3 is 0 Å². The summed E-state index contributed by atoms with van der Waals surface area (Å²) in [6, 6.07) is 83.7. The third-order valence-electron chi connectivity index (χ3n) is 25.9. The van der Waals surface area contributed by atoms with E-state index in [1.54, 1.807) is 0 Å². The molecule has 0 aliphatic carbocycles. The quantitative estimate of drug-likeness (QED) is 0.0235. The maximum atomic E-state index is 13.0. The Bertz CT molecular complexity index is 6290. The number of terminal acetylenes is 1. The van der Waals surface area contributed by atoms with Crippen LogP contribution >= 0.6 is 0 Å². The van der Waals surface area contributed by atoms with Crippen molar-refractivity contribution in [3.8, 4) is 110 Å². The van der Waals surface area contributed by atoms with E-state index in [0.29, 0.717) is 18.3 Å². The van der Waals surface area contributed by atoms with E-state index in [0.717, 1.165) is 117 Å². The summed E-state index contributed by atoms with van der Waals surface area (Å²) in [5, 5.41) is 22.5. The molecule has 0 spiro atoms. The van der Waals surface area contributed by atoms with Crippen molar-refractivity contribution in [3.63, 3.8) is 0 Å². The molecule has 14 aromatic carbocycles. The minimum Gasteiger partial charge on any atom is -0.494 e. The molecule has 0 bridgehead atoms. The number of fused-ring (bicyclic) bond motifs is 8. The summed E-state index contributed by atoms with van der Waals surface area (Å²) in [6.45, 7) is 21.2. The molecule has 0 saturated carbocycles. The van der Waals surface area contributed by atoms with Crippen LogP contribution in [0.3, 0.4) is 0 Å². The van der Waals surface area contributed by atoms with Crippen molar-refractivity contribution in [3.05, 3.63) is 241 Å². The number of nitrogens with one attached hydrogen (secondary N) is 1. The zero-order valence-corrected chi connectivity index (χ0v) is 76.3. The van der Waals surface area contributed by atoms with Crippen molar-refractivity contribution in [2.24, 2.45) is 5.41 Å². The summed E-state index contributed by atoms with van der Waals surface area (Å²) in [6.07, 6.45) is 45.7. The molecule has 5 nitrogen and oxygen atoms in total. The molecule has 5 heteroatoms. The van der Waals surface area contributed by atoms with Crippen LogP contribution in [0.4, 0.5) is 5.69 Å². The lowest BCUT2D eigenvalue weighted by Gasteiger charge is -2.21. The molecule has 0 aliphatic rings. The summed E-state index contributed by atoms with van der Waals surface area (Å²) < 4.78 is 18.7. The Kier molecular flexibility index (Phi) is 33.7. The van der Waals surface area contributed by atoms with E-state index in [-0.39, 0.29) is 5.91 Å². The molecule has 1 atom stereocenters. The van der Waals surface area contributed by atoms with Gasteiger partial charge in [0.05, 0.1) is 13.2 Å². The van der Waals surface area contributed by atoms with Crippen molar-refractivity contribution < 1.29 is 19.0 Å². The van der Waals surface area contributed by atoms with Crippen molar-refractivity contribution in [2.45, 2.75) is 261 Å². The minimum atomic E-state index is -0.461. The van der Waals surface area contributed by atoms with Gasteiger partial charge in [-0.1, -0.05) is 349 Å². The lowest BCUT2D eigenvalue weighted by atomic mass is 9.83. The van der Waals surface area contributed by atoms with Crippen molar-refractivity contribution >= 4 is 97.8 Å². The highest BCUT2D eigenvalue weighted by Gasteiger charge is 2.27. The first kappa shape index (κ1) is 91.0. The van der Waals surface area contributed by atoms with Crippen molar-refractivity contribution in [1.82, 2.24) is 0 Å². The van der Waals surface area contributed by atoms with Crippen LogP contribution in [-0.4, -0.2) is 19.1 Å². The van der Waals surface area contributed by atoms with Crippen molar-refractivity contribution in [1.29, 1.82) is 0 Å². The fourth-order valence-electron chi connectivity index (χ4n) is 17.9. The molecule has 1 N–H and O–H groups in total. The highest BCUT2D eigenvalue weighted by Crippen LogP contribution is 2.49. The van der Waals surface area contributed by atoms with Crippen LogP contribution in [0.25, 0.3) is 131 Å². The summed E-state index contributed by atoms with van der Waals surface area (Å²) in [7, 11) is 0. The molecule has 0 saturated heterocycles. The highest BCUT2D eigenvalue weighted by molar-refractivity contribution is 6.24. The number of amides is 1. The first-order chi connectivity index (χ1) is 61.3. The Morgan fingerprint density at radius 3 is 1.22 bits per heavy atom. The molecule has 14 rings (SSSR count). The smallest absolute Gasteiger partial charge is 0.230 e. The maximum absolute atomic E-state index is 13.0. The van der Waals surface area contributed by atoms with E-state index in [1.807, 2.05) is 39.0 Å². The molecular formula is C120H131NO4. The first-order valence-electron chi connectivity index (χ1n) is 47.7. The maximum Gasteiger partial charge on any atom is 0.230 e. The Labute approximate surface area is 747 Å². The van der Waals surface area contributed by atoms with Crippen molar-refractivity contribution in [2.75, 3.05) is 18.5 Å². The van der Waals surface area contributed by atoms with E-state index in [1.165, 1.54) is 247 Å². The van der Waals surface area contributed by atoms with Gasteiger partial charge in [0, 0.05) is 28.9 Å². The molecule has 0 fully saturated rings. The van der Waals surface area contributed by atoms with Gasteiger partial charge < -0.3 is 19.5 Å². The van der Waals surface area contributed by atoms with Gasteiger partial charge in [-0.15, -0.1) is 6.42 Å². The zero-order chi connectivity index (χ0) is 87.1. The number of carbonyl (C=O) groups is 1. The first-order valence-corrected chi connectivity index (χ1v) is 47.7. The fraction of sp³-hybridized carbons (Fsp3) is 0.358. The molecule has 0 aromatic heterocycles. The molecule has 14 aromatic rings. The Morgan fingerprint density at radius 1 is 0.344 bits per heavy atom. The van der Waals surface area contributed by atoms with Gasteiger partial charge in [-0.05, 0) is 301 Å². The van der Waals surface area contributed by atoms with Crippen LogP contribution in [-0.2, 0) is 17.6 Å². The number of carbonyl (C=O) groups excluding carboxylic acids is 1. The molecule has 125 heavy (non-hydrogen) atoms. The molecule has 640 valence electrons. The Morgan fingerprint density at radius 2 is 0.712 bits per heavy atom. The van der Waals surface area contributed by atoms with Crippen LogP contribution in [0.2, 0.25) is 0 Å². The van der Waals surface area contributed by atoms with Crippen LogP contribution < -0.4 is 19.5 Å². The van der Waals surface area contributed by atoms with Gasteiger partial charge in [0.15, 0.2) is 0 Å². The van der Waals surface area contributed by atoms with E-state index in [9.17, 15) is 4.79 Å². The third-order valence-corrected chi connectivity index (χ3v) is 25.9. The van der Waals surface area contributed by atoms with Crippen LogP contribution in [0.1, 0.15) is 265 Å². The van der Waals surface area contributed by atoms with Gasteiger partial charge in [-0.25, -0.2) is 0 Å². The van der Waals surface area contributed by atoms with E-state index >= 15 is 0 Å². The lowest BCUT2D eigenvalue weighted by molar-refractivity contribution is -0.124. The predicted octanol–water partition coefficient (Wildman–Crippen LogP) is 34.2. The average molecular weight is 1650 g/mol. The number of unbranched alkanes of at least 4 members (excludes halogenated alkanes) is 22. The number of rotatable bonds is 42. The average Bonchev–Trinajstić information content (AvgIpc) is 0.730. The summed E-state index contributed by atoms with van der Waals surface area (Å²) >= 11 is 0. The molecule has 0 radical (unpaired) electrons. The second-order valence-corrected chi connectivity index (χ2v) is 35.5. The molecule has 1 amide bonds. The molecular weight excluding hydrogens is 1520 g/mol. The SMILES string of the molecule is C#CC#CC#CC#COc1ccc2c(-c3ccc4ccccc4c3)c3cc(OCCCCCCCC)ccc3c(-c3ccc4cc(NC(=O)C(C)(C)CC)ccc4c3)c2c1.CCCCCCCCCCc1ccc2c(-c3ccc4cc(C(C)CC)ccc4c3)c3cc(CCCCCCCCCC)ccc3c(-c3ccc4cc(OCCCCCC)ccc4c3)c2c1. The van der Waals surface area contributed by atoms with E-state index < -0.39 is 5.41 Å².